The number of aliphatic hydroxyl groups is 5. The predicted molar refractivity (Wildman–Crippen MR) is 306 cm³/mol. The maximum atomic E-state index is 13.4. The number of esters is 1. The third-order valence-electron chi connectivity index (χ3n) is 14.2. The lowest BCUT2D eigenvalue weighted by atomic mass is 9.99. The van der Waals surface area contributed by atoms with Gasteiger partial charge in [0.2, 0.25) is 5.91 Å². The highest BCUT2D eigenvalue weighted by atomic mass is 16.7. The summed E-state index contributed by atoms with van der Waals surface area (Å²) in [6.45, 7) is 5.65. The molecule has 0 aliphatic carbocycles. The van der Waals surface area contributed by atoms with Crippen LogP contribution in [-0.2, 0) is 23.8 Å². The number of aliphatic hydroxyl groups excluding tert-OH is 5. The predicted octanol–water partition coefficient (Wildman–Crippen LogP) is 14.2. The van der Waals surface area contributed by atoms with Crippen LogP contribution in [0.15, 0.2) is 60.8 Å². The second-order valence-corrected chi connectivity index (χ2v) is 21.0. The van der Waals surface area contributed by atoms with Crippen molar-refractivity contribution < 1.29 is 49.3 Å². The lowest BCUT2D eigenvalue weighted by molar-refractivity contribution is -0.305. The van der Waals surface area contributed by atoms with Crippen LogP contribution in [0.2, 0.25) is 0 Å². The van der Waals surface area contributed by atoms with Gasteiger partial charge in [0.15, 0.2) is 12.4 Å². The number of nitrogens with one attached hydrogen (secondary N) is 1. The van der Waals surface area contributed by atoms with Gasteiger partial charge in [-0.3, -0.25) is 9.59 Å². The van der Waals surface area contributed by atoms with Gasteiger partial charge >= 0.3 is 5.97 Å². The normalized spacial score (nSPS) is 19.7. The van der Waals surface area contributed by atoms with Crippen molar-refractivity contribution in [1.29, 1.82) is 0 Å². The summed E-state index contributed by atoms with van der Waals surface area (Å²) in [7, 11) is 0. The summed E-state index contributed by atoms with van der Waals surface area (Å²) in [4.78, 5) is 26.5. The zero-order valence-electron chi connectivity index (χ0n) is 47.5. The fourth-order valence-electron chi connectivity index (χ4n) is 9.31. The van der Waals surface area contributed by atoms with E-state index in [-0.39, 0.29) is 19.4 Å². The minimum atomic E-state index is -1.62. The van der Waals surface area contributed by atoms with E-state index in [1.807, 2.05) is 6.08 Å². The average molecular weight is 1040 g/mol. The standard InChI is InChI=1S/C63H113NO10/c1-4-7-10-13-16-19-22-24-26-27-28-29-30-31-32-35-38-41-44-47-50-56(67)62(71)64-54(55(66)49-46-43-40-37-34-21-18-15-12-9-6-3)53-72-63-61(60(70)59(69)57(52-65)73-63)74-58(68)51-48-45-42-39-36-33-25-23-20-17-14-11-8-5-2/h8,11,16-17,19-20,24,26,46,49,54-57,59-61,63,65-67,69-70H,4-7,9-10,12-15,18,21-23,25,27-45,47-48,50-53H2,1-3H3,(H,64,71)/b11-8+,19-16-,20-17+,26-24-,49-46+. The van der Waals surface area contributed by atoms with Crippen molar-refractivity contribution in [2.75, 3.05) is 13.2 Å². The Morgan fingerprint density at radius 3 is 1.47 bits per heavy atom. The maximum absolute atomic E-state index is 13.4. The summed E-state index contributed by atoms with van der Waals surface area (Å²) in [5, 5.41) is 56.9. The lowest BCUT2D eigenvalue weighted by Crippen LogP contribution is -2.61. The van der Waals surface area contributed by atoms with Gasteiger partial charge in [0.25, 0.3) is 0 Å². The molecule has 1 amide bonds. The number of hydrogen-bond donors (Lipinski definition) is 6. The van der Waals surface area contributed by atoms with E-state index in [0.717, 1.165) is 96.3 Å². The summed E-state index contributed by atoms with van der Waals surface area (Å²) in [5.74, 6) is -1.20. The minimum Gasteiger partial charge on any atom is -0.454 e. The number of amides is 1. The largest absolute Gasteiger partial charge is 0.454 e. The van der Waals surface area contributed by atoms with Crippen LogP contribution < -0.4 is 5.32 Å². The molecule has 1 fully saturated rings. The van der Waals surface area contributed by atoms with E-state index >= 15 is 0 Å². The van der Waals surface area contributed by atoms with E-state index in [0.29, 0.717) is 12.8 Å². The molecule has 0 spiro atoms. The van der Waals surface area contributed by atoms with Crippen LogP contribution in [0.1, 0.15) is 265 Å². The number of allylic oxidation sites excluding steroid dienone is 9. The first kappa shape index (κ1) is 69.4. The molecule has 1 aliphatic rings. The highest BCUT2D eigenvalue weighted by molar-refractivity contribution is 5.80. The van der Waals surface area contributed by atoms with Crippen LogP contribution in [0.5, 0.6) is 0 Å². The molecule has 0 bridgehead atoms. The van der Waals surface area contributed by atoms with Gasteiger partial charge in [-0.25, -0.2) is 0 Å². The Morgan fingerprint density at radius 1 is 0.541 bits per heavy atom. The van der Waals surface area contributed by atoms with Gasteiger partial charge in [-0.15, -0.1) is 0 Å². The first-order chi connectivity index (χ1) is 36.2. The fraction of sp³-hybridized carbons (Fsp3) is 0.810. The maximum Gasteiger partial charge on any atom is 0.306 e. The summed E-state index contributed by atoms with van der Waals surface area (Å²) < 4.78 is 17.6. The van der Waals surface area contributed by atoms with Crippen LogP contribution in [-0.4, -0.2) is 99.6 Å². The topological polar surface area (TPSA) is 175 Å². The molecule has 11 nitrogen and oxygen atoms in total. The highest BCUT2D eigenvalue weighted by Gasteiger charge is 2.47. The van der Waals surface area contributed by atoms with Crippen molar-refractivity contribution in [1.82, 2.24) is 5.32 Å². The second-order valence-electron chi connectivity index (χ2n) is 21.0. The minimum absolute atomic E-state index is 0.113. The molecule has 1 aliphatic heterocycles. The van der Waals surface area contributed by atoms with Gasteiger partial charge in [-0.1, -0.05) is 236 Å². The van der Waals surface area contributed by atoms with Crippen LogP contribution in [0.25, 0.3) is 0 Å². The lowest BCUT2D eigenvalue weighted by Gasteiger charge is -2.41. The molecule has 0 saturated carbocycles. The molecular weight excluding hydrogens is 931 g/mol. The Morgan fingerprint density at radius 2 is 0.973 bits per heavy atom. The molecule has 8 atom stereocenters. The molecule has 8 unspecified atom stereocenters. The molecular formula is C63H113NO10. The molecule has 1 heterocycles. The first-order valence-electron chi connectivity index (χ1n) is 30.6. The molecule has 1 saturated heterocycles. The monoisotopic (exact) mass is 1040 g/mol. The van der Waals surface area contributed by atoms with Gasteiger partial charge < -0.3 is 45.1 Å². The Labute approximate surface area is 452 Å². The second kappa shape index (κ2) is 51.1. The smallest absolute Gasteiger partial charge is 0.306 e. The zero-order chi connectivity index (χ0) is 54.0. The van der Waals surface area contributed by atoms with Crippen molar-refractivity contribution in [2.24, 2.45) is 0 Å². The number of carbonyl (C=O) groups excluding carboxylic acids is 2. The third-order valence-corrected chi connectivity index (χ3v) is 14.2. The van der Waals surface area contributed by atoms with Crippen LogP contribution in [0.3, 0.4) is 0 Å². The highest BCUT2D eigenvalue weighted by Crippen LogP contribution is 2.26. The van der Waals surface area contributed by atoms with Gasteiger partial charge in [-0.05, 0) is 83.5 Å². The molecule has 0 aromatic rings. The third kappa shape index (κ3) is 38.8. The van der Waals surface area contributed by atoms with E-state index in [9.17, 15) is 35.1 Å². The first-order valence-corrected chi connectivity index (χ1v) is 30.6. The number of hydrogen-bond acceptors (Lipinski definition) is 10. The Bertz CT molecular complexity index is 1430. The number of carbonyl (C=O) groups is 2. The molecule has 6 N–H and O–H groups in total. The molecule has 0 aromatic heterocycles. The van der Waals surface area contributed by atoms with E-state index in [4.69, 9.17) is 14.2 Å². The number of unbranched alkanes of at least 4 members (excludes halogenated alkanes) is 29. The Hall–Kier alpha value is -2.64. The van der Waals surface area contributed by atoms with Crippen molar-refractivity contribution in [3.05, 3.63) is 60.8 Å². The van der Waals surface area contributed by atoms with E-state index in [2.05, 4.69) is 74.7 Å². The summed E-state index contributed by atoms with van der Waals surface area (Å²) in [5.41, 5.74) is 0. The van der Waals surface area contributed by atoms with Gasteiger partial charge in [0.1, 0.15) is 24.4 Å². The average Bonchev–Trinajstić information content (AvgIpc) is 3.40. The van der Waals surface area contributed by atoms with Crippen molar-refractivity contribution in [3.8, 4) is 0 Å². The van der Waals surface area contributed by atoms with E-state index in [1.165, 1.54) is 122 Å². The molecule has 74 heavy (non-hydrogen) atoms. The van der Waals surface area contributed by atoms with Gasteiger partial charge in [0.05, 0.1) is 25.4 Å². The van der Waals surface area contributed by atoms with Crippen molar-refractivity contribution >= 4 is 11.9 Å². The van der Waals surface area contributed by atoms with Crippen LogP contribution >= 0.6 is 0 Å². The quantitative estimate of drug-likeness (QED) is 0.0195. The number of rotatable bonds is 51. The van der Waals surface area contributed by atoms with Crippen molar-refractivity contribution in [3.63, 3.8) is 0 Å². The Kier molecular flexibility index (Phi) is 47.9. The molecule has 430 valence electrons. The van der Waals surface area contributed by atoms with E-state index < -0.39 is 67.4 Å². The SMILES string of the molecule is CC/C=C/C/C=C/CCCCCCCCCC(=O)OC1C(OCC(NC(=O)C(O)CCCCCCCCCCCC/C=C\C/C=C\CCCCC)C(O)/C=C/CCCCCCCCCCC)OC(CO)C(O)C1O. The fourth-order valence-corrected chi connectivity index (χ4v) is 9.31. The van der Waals surface area contributed by atoms with Crippen molar-refractivity contribution in [2.45, 2.75) is 314 Å². The molecule has 11 heteroatoms. The number of ether oxygens (including phenoxy) is 3. The van der Waals surface area contributed by atoms with Crippen LogP contribution in [0.4, 0.5) is 0 Å². The van der Waals surface area contributed by atoms with E-state index in [1.54, 1.807) is 6.08 Å². The summed E-state index contributed by atoms with van der Waals surface area (Å²) in [6, 6.07) is -1.03. The molecule has 0 radical (unpaired) electrons. The molecule has 0 aromatic carbocycles. The zero-order valence-corrected chi connectivity index (χ0v) is 47.5. The van der Waals surface area contributed by atoms with Crippen LogP contribution in [0, 0.1) is 0 Å². The van der Waals surface area contributed by atoms with Gasteiger partial charge in [0, 0.05) is 6.42 Å². The van der Waals surface area contributed by atoms with Gasteiger partial charge in [-0.2, -0.15) is 0 Å². The summed E-state index contributed by atoms with van der Waals surface area (Å²) >= 11 is 0. The molecule has 1 rings (SSSR count). The Balaban J connectivity index is 2.66. The summed E-state index contributed by atoms with van der Waals surface area (Å²) in [6.07, 6.45) is 52.6.